The van der Waals surface area contributed by atoms with Crippen LogP contribution in [-0.4, -0.2) is 96.7 Å². The summed E-state index contributed by atoms with van der Waals surface area (Å²) in [5.74, 6) is -1.34. The molecule has 0 radical (unpaired) electrons. The van der Waals surface area contributed by atoms with Crippen LogP contribution >= 0.6 is 15.6 Å². The third-order valence-electron chi connectivity index (χ3n) is 17.3. The van der Waals surface area contributed by atoms with Gasteiger partial charge >= 0.3 is 39.5 Å². The SMILES string of the molecule is CCCCCCCCCCCCCCCCCCCCCCCC(=O)O[C@H](COC(=O)CCCCCCCCCCCCCCC(C)C)COP(=O)(O)OC[C@@H](O)COP(=O)(O)OC[C@@H](COC(=O)CCCCCCCCCC)OC(=O)CCCCCCCCCCC. The first-order valence-corrected chi connectivity index (χ1v) is 41.6. The number of aliphatic hydroxyl groups is 1. The van der Waals surface area contributed by atoms with E-state index in [-0.39, 0.29) is 25.7 Å². The molecule has 0 rings (SSSR count). The molecule has 0 fully saturated rings. The summed E-state index contributed by atoms with van der Waals surface area (Å²) in [5, 5.41) is 10.6. The van der Waals surface area contributed by atoms with Gasteiger partial charge < -0.3 is 33.8 Å². The van der Waals surface area contributed by atoms with Crippen LogP contribution in [0.15, 0.2) is 0 Å². The first-order chi connectivity index (χ1) is 45.0. The minimum Gasteiger partial charge on any atom is -0.462 e. The Labute approximate surface area is 568 Å². The largest absolute Gasteiger partial charge is 0.472 e. The van der Waals surface area contributed by atoms with Crippen LogP contribution in [0.3, 0.4) is 0 Å². The minimum absolute atomic E-state index is 0.106. The topological polar surface area (TPSA) is 237 Å². The fourth-order valence-corrected chi connectivity index (χ4v) is 12.9. The van der Waals surface area contributed by atoms with Crippen molar-refractivity contribution in [3.63, 3.8) is 0 Å². The van der Waals surface area contributed by atoms with Gasteiger partial charge in [0.25, 0.3) is 0 Å². The average Bonchev–Trinajstić information content (AvgIpc) is 3.49. The Bertz CT molecular complexity index is 1790. The molecule has 0 aromatic carbocycles. The summed E-state index contributed by atoms with van der Waals surface area (Å²) in [6.45, 7) is 7.24. The number of rotatable bonds is 74. The maximum Gasteiger partial charge on any atom is 0.472 e. The van der Waals surface area contributed by atoms with E-state index in [0.717, 1.165) is 102 Å². The van der Waals surface area contributed by atoms with Crippen LogP contribution in [0.2, 0.25) is 0 Å². The monoisotopic (exact) mass is 1370 g/mol. The fraction of sp³-hybridized carbons (Fsp3) is 0.946. The molecule has 0 aliphatic carbocycles. The number of aliphatic hydroxyl groups excluding tert-OH is 1. The van der Waals surface area contributed by atoms with E-state index in [2.05, 4.69) is 34.6 Å². The number of hydrogen-bond acceptors (Lipinski definition) is 15. The van der Waals surface area contributed by atoms with Gasteiger partial charge in [-0.2, -0.15) is 0 Å². The zero-order valence-electron chi connectivity index (χ0n) is 60.4. The molecule has 3 N–H and O–H groups in total. The summed E-state index contributed by atoms with van der Waals surface area (Å²) in [5.41, 5.74) is 0. The lowest BCUT2D eigenvalue weighted by Gasteiger charge is -2.21. The highest BCUT2D eigenvalue weighted by Crippen LogP contribution is 2.45. The molecule has 0 bridgehead atoms. The molecule has 5 atom stereocenters. The predicted octanol–water partition coefficient (Wildman–Crippen LogP) is 21.7. The molecule has 17 nitrogen and oxygen atoms in total. The van der Waals surface area contributed by atoms with E-state index in [1.165, 1.54) is 205 Å². The van der Waals surface area contributed by atoms with Crippen molar-refractivity contribution in [2.24, 2.45) is 5.92 Å². The Morgan fingerprint density at radius 2 is 0.495 bits per heavy atom. The van der Waals surface area contributed by atoms with Crippen LogP contribution in [0, 0.1) is 5.92 Å². The van der Waals surface area contributed by atoms with Crippen LogP contribution in [0.1, 0.15) is 388 Å². The van der Waals surface area contributed by atoms with Crippen molar-refractivity contribution in [2.75, 3.05) is 39.6 Å². The van der Waals surface area contributed by atoms with Gasteiger partial charge in [-0.3, -0.25) is 37.3 Å². The number of phosphoric acid groups is 2. The highest BCUT2D eigenvalue weighted by molar-refractivity contribution is 7.47. The van der Waals surface area contributed by atoms with Crippen molar-refractivity contribution >= 4 is 39.5 Å². The van der Waals surface area contributed by atoms with Crippen LogP contribution in [-0.2, 0) is 65.4 Å². The van der Waals surface area contributed by atoms with Gasteiger partial charge in [0.05, 0.1) is 26.4 Å². The summed E-state index contributed by atoms with van der Waals surface area (Å²) < 4.78 is 68.3. The van der Waals surface area contributed by atoms with Gasteiger partial charge in [0, 0.05) is 25.7 Å². The van der Waals surface area contributed by atoms with Gasteiger partial charge in [-0.05, 0) is 31.6 Å². The summed E-state index contributed by atoms with van der Waals surface area (Å²) in [6, 6.07) is 0. The molecule has 93 heavy (non-hydrogen) atoms. The van der Waals surface area contributed by atoms with Gasteiger partial charge in [0.1, 0.15) is 19.3 Å². The van der Waals surface area contributed by atoms with E-state index in [0.29, 0.717) is 25.7 Å². The molecule has 0 saturated heterocycles. The normalized spacial score (nSPS) is 14.0. The van der Waals surface area contributed by atoms with E-state index >= 15 is 0 Å². The molecule has 0 heterocycles. The predicted molar refractivity (Wildman–Crippen MR) is 377 cm³/mol. The zero-order valence-corrected chi connectivity index (χ0v) is 62.2. The van der Waals surface area contributed by atoms with Crippen molar-refractivity contribution in [1.29, 1.82) is 0 Å². The Hall–Kier alpha value is -1.94. The summed E-state index contributed by atoms with van der Waals surface area (Å²) >= 11 is 0. The highest BCUT2D eigenvalue weighted by atomic mass is 31.2. The van der Waals surface area contributed by atoms with E-state index in [4.69, 9.17) is 37.0 Å². The third kappa shape index (κ3) is 68.4. The van der Waals surface area contributed by atoms with E-state index in [1.807, 2.05) is 0 Å². The summed E-state index contributed by atoms with van der Waals surface area (Å²) in [4.78, 5) is 72.5. The Morgan fingerprint density at radius 1 is 0.290 bits per heavy atom. The molecule has 0 saturated carbocycles. The third-order valence-corrected chi connectivity index (χ3v) is 19.2. The summed E-state index contributed by atoms with van der Waals surface area (Å²) in [6.07, 6.45) is 55.7. The molecular weight excluding hydrogens is 1220 g/mol. The van der Waals surface area contributed by atoms with Gasteiger partial charge in [-0.1, -0.05) is 336 Å². The maximum absolute atomic E-state index is 13.1. The molecule has 19 heteroatoms. The van der Waals surface area contributed by atoms with Crippen molar-refractivity contribution in [3.8, 4) is 0 Å². The van der Waals surface area contributed by atoms with Gasteiger partial charge in [-0.25, -0.2) is 9.13 Å². The number of hydrogen-bond donors (Lipinski definition) is 3. The van der Waals surface area contributed by atoms with Crippen LogP contribution in [0.25, 0.3) is 0 Å². The molecule has 0 aromatic heterocycles. The Balaban J connectivity index is 5.15. The number of ether oxygens (including phenoxy) is 4. The fourth-order valence-electron chi connectivity index (χ4n) is 11.4. The first kappa shape index (κ1) is 91.1. The standard InChI is InChI=1S/C74H144O17P2/c1-6-9-12-15-18-21-22-23-24-25-26-27-28-29-30-31-36-40-45-50-55-60-74(79)91-70(64-85-72(77)58-53-48-43-39-35-33-32-34-38-41-46-51-56-67(4)5)66-89-93(82,83)87-62-68(75)61-86-92(80,81)88-65-69(63-84-71(76)57-52-47-42-20-17-14-11-8-3)90-73(78)59-54-49-44-37-19-16-13-10-7-2/h67-70,75H,6-66H2,1-5H3,(H,80,81)(H,82,83)/t68-,69+,70+/m0/s1. The Morgan fingerprint density at radius 3 is 0.731 bits per heavy atom. The highest BCUT2D eigenvalue weighted by Gasteiger charge is 2.30. The van der Waals surface area contributed by atoms with E-state index < -0.39 is 97.5 Å². The van der Waals surface area contributed by atoms with Crippen molar-refractivity contribution in [2.45, 2.75) is 406 Å². The van der Waals surface area contributed by atoms with Crippen LogP contribution < -0.4 is 0 Å². The maximum atomic E-state index is 13.1. The lowest BCUT2D eigenvalue weighted by Crippen LogP contribution is -2.30. The number of carbonyl (C=O) groups excluding carboxylic acids is 4. The molecule has 2 unspecified atom stereocenters. The van der Waals surface area contributed by atoms with Crippen molar-refractivity contribution < 1.29 is 80.2 Å². The van der Waals surface area contributed by atoms with Gasteiger partial charge in [-0.15, -0.1) is 0 Å². The lowest BCUT2D eigenvalue weighted by molar-refractivity contribution is -0.161. The molecule has 0 spiro atoms. The summed E-state index contributed by atoms with van der Waals surface area (Å²) in [7, 11) is -9.90. The first-order valence-electron chi connectivity index (χ1n) is 38.6. The number of phosphoric ester groups is 2. The number of unbranched alkanes of at least 4 members (excludes halogenated alkanes) is 46. The Kier molecular flexibility index (Phi) is 65.9. The second-order valence-corrected chi connectivity index (χ2v) is 30.1. The molecular formula is C74H144O17P2. The second kappa shape index (κ2) is 67.3. The molecule has 0 amide bonds. The molecule has 552 valence electrons. The van der Waals surface area contributed by atoms with E-state index in [1.54, 1.807) is 0 Å². The van der Waals surface area contributed by atoms with Crippen molar-refractivity contribution in [3.05, 3.63) is 0 Å². The van der Waals surface area contributed by atoms with Crippen LogP contribution in [0.4, 0.5) is 0 Å². The minimum atomic E-state index is -4.95. The van der Waals surface area contributed by atoms with E-state index in [9.17, 15) is 43.2 Å². The second-order valence-electron chi connectivity index (χ2n) is 27.2. The average molecular weight is 1370 g/mol. The lowest BCUT2D eigenvalue weighted by atomic mass is 10.0. The smallest absolute Gasteiger partial charge is 0.462 e. The quantitative estimate of drug-likeness (QED) is 0.0222. The number of esters is 4. The van der Waals surface area contributed by atoms with Gasteiger partial charge in [0.2, 0.25) is 0 Å². The van der Waals surface area contributed by atoms with Gasteiger partial charge in [0.15, 0.2) is 12.2 Å². The molecule has 0 aromatic rings. The molecule has 0 aliphatic heterocycles. The zero-order chi connectivity index (χ0) is 68.4. The number of carbonyl (C=O) groups is 4. The molecule has 0 aliphatic rings. The van der Waals surface area contributed by atoms with Crippen LogP contribution in [0.5, 0.6) is 0 Å². The van der Waals surface area contributed by atoms with Crippen molar-refractivity contribution in [1.82, 2.24) is 0 Å².